The summed E-state index contributed by atoms with van der Waals surface area (Å²) < 4.78 is 0. The van der Waals surface area contributed by atoms with Crippen molar-refractivity contribution in [2.45, 2.75) is 0 Å². The average Bonchev–Trinajstić information content (AvgIpc) is 3.20. The van der Waals surface area contributed by atoms with Crippen molar-refractivity contribution in [3.63, 3.8) is 0 Å². The Labute approximate surface area is 286 Å². The van der Waals surface area contributed by atoms with Gasteiger partial charge in [-0.15, -0.1) is 0 Å². The molecule has 5 aromatic carbocycles. The van der Waals surface area contributed by atoms with Crippen LogP contribution in [0.25, 0.3) is 99.2 Å². The van der Waals surface area contributed by atoms with E-state index in [1.807, 2.05) is 48.9 Å². The normalized spacial score (nSPS) is 11.6. The molecule has 0 N–H and O–H groups in total. The predicted molar refractivity (Wildman–Crippen MR) is 202 cm³/mol. The Balaban J connectivity index is 1.17. The van der Waals surface area contributed by atoms with Gasteiger partial charge in [-0.2, -0.15) is 10.2 Å². The van der Waals surface area contributed by atoms with Crippen molar-refractivity contribution in [2.75, 3.05) is 0 Å². The van der Waals surface area contributed by atoms with Gasteiger partial charge in [0.2, 0.25) is 0 Å². The molecule has 6 heteroatoms. The molecule has 0 spiro atoms. The molecule has 10 rings (SSSR count). The van der Waals surface area contributed by atoms with Gasteiger partial charge < -0.3 is 0 Å². The lowest BCUT2D eigenvalue weighted by Gasteiger charge is -2.14. The largest absolute Gasteiger partial charge is 0.256 e. The quantitative estimate of drug-likeness (QED) is 0.179. The van der Waals surface area contributed by atoms with E-state index < -0.39 is 0 Å². The van der Waals surface area contributed by atoms with E-state index in [1.165, 1.54) is 0 Å². The number of pyridine rings is 4. The molecular weight excluding hydrogens is 613 g/mol. The number of aromatic nitrogens is 6. The summed E-state index contributed by atoms with van der Waals surface area (Å²) >= 11 is 0. The molecule has 50 heavy (non-hydrogen) atoms. The van der Waals surface area contributed by atoms with Crippen LogP contribution in [0.3, 0.4) is 0 Å². The molecule has 0 saturated carbocycles. The molecule has 0 bridgehead atoms. The number of hydrogen-bond acceptors (Lipinski definition) is 6. The lowest BCUT2D eigenvalue weighted by molar-refractivity contribution is 1.08. The van der Waals surface area contributed by atoms with E-state index in [1.54, 1.807) is 6.20 Å². The molecule has 5 heterocycles. The summed E-state index contributed by atoms with van der Waals surface area (Å²) in [5.74, 6) is 0. The second-order valence-electron chi connectivity index (χ2n) is 12.5. The molecule has 10 aromatic rings. The third-order valence-electron chi connectivity index (χ3n) is 9.46. The van der Waals surface area contributed by atoms with Gasteiger partial charge in [-0.05, 0) is 70.6 Å². The van der Waals surface area contributed by atoms with Gasteiger partial charge in [0.15, 0.2) is 0 Å². The molecule has 0 amide bonds. The molecule has 0 atom stereocenters. The number of benzene rings is 5. The molecule has 0 aliphatic heterocycles. The number of fused-ring (bicyclic) bond motifs is 7. The minimum Gasteiger partial charge on any atom is -0.256 e. The van der Waals surface area contributed by atoms with Crippen LogP contribution in [0.2, 0.25) is 0 Å². The topological polar surface area (TPSA) is 77.3 Å². The maximum Gasteiger partial charge on any atom is 0.0965 e. The van der Waals surface area contributed by atoms with E-state index in [4.69, 9.17) is 19.9 Å². The van der Waals surface area contributed by atoms with Crippen molar-refractivity contribution in [2.24, 2.45) is 0 Å². The number of nitrogens with zero attached hydrogens (tertiary/aromatic N) is 6. The third kappa shape index (κ3) is 4.73. The first-order chi connectivity index (χ1) is 24.7. The summed E-state index contributed by atoms with van der Waals surface area (Å²) in [6.45, 7) is 0. The molecule has 0 saturated heterocycles. The Morgan fingerprint density at radius 3 is 1.92 bits per heavy atom. The fourth-order valence-corrected chi connectivity index (χ4v) is 7.00. The zero-order valence-electron chi connectivity index (χ0n) is 26.7. The molecule has 0 fully saturated rings. The third-order valence-corrected chi connectivity index (χ3v) is 9.46. The summed E-state index contributed by atoms with van der Waals surface area (Å²) in [6, 6.07) is 46.3. The van der Waals surface area contributed by atoms with Crippen molar-refractivity contribution in [1.29, 1.82) is 0 Å². The van der Waals surface area contributed by atoms with Crippen LogP contribution >= 0.6 is 0 Å². The zero-order chi connectivity index (χ0) is 33.0. The Morgan fingerprint density at radius 2 is 1.08 bits per heavy atom. The number of rotatable bonds is 4. The Kier molecular flexibility index (Phi) is 6.39. The lowest BCUT2D eigenvalue weighted by Crippen LogP contribution is -1.94. The fraction of sp³-hybridized carbons (Fsp3) is 0. The van der Waals surface area contributed by atoms with Crippen LogP contribution in [0, 0.1) is 0 Å². The van der Waals surface area contributed by atoms with Gasteiger partial charge in [-0.3, -0.25) is 15.0 Å². The van der Waals surface area contributed by atoms with E-state index in [2.05, 4.69) is 113 Å². The summed E-state index contributed by atoms with van der Waals surface area (Å²) in [6.07, 6.45) is 7.42. The molecule has 5 aromatic heterocycles. The Bertz CT molecular complexity index is 2940. The Morgan fingerprint density at radius 1 is 0.380 bits per heavy atom. The fourth-order valence-electron chi connectivity index (χ4n) is 7.00. The van der Waals surface area contributed by atoms with Gasteiger partial charge in [0, 0.05) is 62.2 Å². The second-order valence-corrected chi connectivity index (χ2v) is 12.5. The van der Waals surface area contributed by atoms with Crippen LogP contribution in [-0.4, -0.2) is 30.1 Å². The highest BCUT2D eigenvalue weighted by Crippen LogP contribution is 2.38. The first-order valence-electron chi connectivity index (χ1n) is 16.5. The van der Waals surface area contributed by atoms with Gasteiger partial charge in [0.05, 0.1) is 39.7 Å². The van der Waals surface area contributed by atoms with Crippen LogP contribution < -0.4 is 0 Å². The first-order valence-corrected chi connectivity index (χ1v) is 16.5. The smallest absolute Gasteiger partial charge is 0.0965 e. The molecular formula is C44H26N6. The molecule has 0 radical (unpaired) electrons. The van der Waals surface area contributed by atoms with Crippen LogP contribution in [0.1, 0.15) is 0 Å². The SMILES string of the molecule is c1ccc(-c2cnc3c(ccc4cc(-c5cc(-c6cc7cccnc7c7ccccc67)cc(-c6ccc7ccnnc7c6)n5)cnc43)c2)cc1. The maximum absolute atomic E-state index is 5.25. The van der Waals surface area contributed by atoms with E-state index in [-0.39, 0.29) is 0 Å². The van der Waals surface area contributed by atoms with E-state index >= 15 is 0 Å². The Hall–Kier alpha value is -6.92. The van der Waals surface area contributed by atoms with Crippen LogP contribution in [-0.2, 0) is 0 Å². The van der Waals surface area contributed by atoms with Gasteiger partial charge in [-0.25, -0.2) is 4.98 Å². The van der Waals surface area contributed by atoms with E-state index in [9.17, 15) is 0 Å². The van der Waals surface area contributed by atoms with Crippen molar-refractivity contribution >= 4 is 54.4 Å². The highest BCUT2D eigenvalue weighted by atomic mass is 15.1. The van der Waals surface area contributed by atoms with Crippen LogP contribution in [0.15, 0.2) is 158 Å². The molecule has 0 aliphatic rings. The highest BCUT2D eigenvalue weighted by molar-refractivity contribution is 6.12. The van der Waals surface area contributed by atoms with Crippen molar-refractivity contribution in [3.05, 3.63) is 158 Å². The van der Waals surface area contributed by atoms with Crippen LogP contribution in [0.5, 0.6) is 0 Å². The summed E-state index contributed by atoms with van der Waals surface area (Å²) in [5.41, 5.74) is 11.5. The maximum atomic E-state index is 5.25. The molecule has 232 valence electrons. The molecule has 6 nitrogen and oxygen atoms in total. The highest BCUT2D eigenvalue weighted by Gasteiger charge is 2.15. The summed E-state index contributed by atoms with van der Waals surface area (Å²) in [7, 11) is 0. The van der Waals surface area contributed by atoms with Crippen molar-refractivity contribution in [3.8, 4) is 44.8 Å². The average molecular weight is 639 g/mol. The lowest BCUT2D eigenvalue weighted by atomic mass is 9.93. The monoisotopic (exact) mass is 638 g/mol. The van der Waals surface area contributed by atoms with Crippen molar-refractivity contribution < 1.29 is 0 Å². The van der Waals surface area contributed by atoms with E-state index in [0.29, 0.717) is 0 Å². The zero-order valence-corrected chi connectivity index (χ0v) is 26.7. The molecule has 0 aliphatic carbocycles. The van der Waals surface area contributed by atoms with Crippen LogP contribution in [0.4, 0.5) is 0 Å². The number of hydrogen-bond donors (Lipinski definition) is 0. The van der Waals surface area contributed by atoms with Gasteiger partial charge in [-0.1, -0.05) is 84.9 Å². The predicted octanol–water partition coefficient (Wildman–Crippen LogP) is 10.5. The minimum absolute atomic E-state index is 0.822. The summed E-state index contributed by atoms with van der Waals surface area (Å²) in [4.78, 5) is 19.9. The van der Waals surface area contributed by atoms with Gasteiger partial charge >= 0.3 is 0 Å². The molecule has 0 unspecified atom stereocenters. The van der Waals surface area contributed by atoms with Gasteiger partial charge in [0.1, 0.15) is 0 Å². The van der Waals surface area contributed by atoms with Gasteiger partial charge in [0.25, 0.3) is 0 Å². The standard InChI is InChI=1S/C44H26N6/c1-2-7-27(8-3-1)34-19-31-14-15-32-20-35(26-47-44(32)43(31)46-25-34)40-24-33(23-39(49-40)29-13-12-28-16-18-48-50-41(28)22-29)38-21-30-9-6-17-45-42(30)37-11-5-4-10-36(37)38/h1-26H. The van der Waals surface area contributed by atoms with E-state index in [0.717, 1.165) is 99.2 Å². The minimum atomic E-state index is 0.822. The van der Waals surface area contributed by atoms with Crippen molar-refractivity contribution in [1.82, 2.24) is 30.1 Å². The second kappa shape index (κ2) is 11.4. The summed E-state index contributed by atoms with van der Waals surface area (Å²) in [5, 5.41) is 14.9. The first kappa shape index (κ1) is 28.1.